The molecule has 0 bridgehead atoms. The first-order valence-electron chi connectivity index (χ1n) is 30.2. The van der Waals surface area contributed by atoms with Gasteiger partial charge in [0.1, 0.15) is 48.8 Å². The van der Waals surface area contributed by atoms with Crippen LogP contribution in [0.1, 0.15) is 245 Å². The Balaban J connectivity index is 1.78. The van der Waals surface area contributed by atoms with E-state index < -0.39 is 86.8 Å². The number of aliphatic hydroxyl groups excluding tert-OH is 8. The van der Waals surface area contributed by atoms with Crippen LogP contribution in [0.15, 0.2) is 36.5 Å². The van der Waals surface area contributed by atoms with Crippen LogP contribution in [0.25, 0.3) is 0 Å². The van der Waals surface area contributed by atoms with Crippen molar-refractivity contribution in [2.75, 3.05) is 19.8 Å². The summed E-state index contributed by atoms with van der Waals surface area (Å²) in [4.78, 5) is 13.3. The molecule has 12 unspecified atom stereocenters. The van der Waals surface area contributed by atoms with Gasteiger partial charge in [-0.25, -0.2) is 0 Å². The Morgan fingerprint density at radius 1 is 0.473 bits per heavy atom. The molecular weight excluding hydrogens is 943 g/mol. The highest BCUT2D eigenvalue weighted by Gasteiger charge is 2.51. The molecule has 9 N–H and O–H groups in total. The fourth-order valence-corrected chi connectivity index (χ4v) is 9.91. The van der Waals surface area contributed by atoms with Crippen molar-refractivity contribution in [1.29, 1.82) is 0 Å². The highest BCUT2D eigenvalue weighted by Crippen LogP contribution is 2.30. The molecule has 0 saturated carbocycles. The van der Waals surface area contributed by atoms with E-state index in [4.69, 9.17) is 18.9 Å². The number of hydrogen-bond acceptors (Lipinski definition) is 13. The monoisotopic (exact) mass is 1050 g/mol. The molecule has 2 fully saturated rings. The zero-order valence-corrected chi connectivity index (χ0v) is 46.6. The Kier molecular flexibility index (Phi) is 42.6. The van der Waals surface area contributed by atoms with Crippen LogP contribution in [0.5, 0.6) is 0 Å². The summed E-state index contributed by atoms with van der Waals surface area (Å²) in [6.07, 6.45) is 39.0. The average molecular weight is 1050 g/mol. The maximum absolute atomic E-state index is 13.3. The van der Waals surface area contributed by atoms with Crippen molar-refractivity contribution in [1.82, 2.24) is 5.32 Å². The van der Waals surface area contributed by atoms with Crippen LogP contribution in [-0.4, -0.2) is 140 Å². The van der Waals surface area contributed by atoms with Crippen molar-refractivity contribution in [3.63, 3.8) is 0 Å². The Bertz CT molecular complexity index is 1380. The second kappa shape index (κ2) is 46.2. The van der Waals surface area contributed by atoms with Crippen molar-refractivity contribution < 1.29 is 64.6 Å². The van der Waals surface area contributed by atoms with Crippen LogP contribution >= 0.6 is 0 Å². The molecule has 2 heterocycles. The first-order valence-corrected chi connectivity index (χ1v) is 30.2. The van der Waals surface area contributed by atoms with E-state index in [1.165, 1.54) is 167 Å². The molecule has 0 aliphatic carbocycles. The number of hydrogen-bond donors (Lipinski definition) is 9. The molecule has 12 atom stereocenters. The third kappa shape index (κ3) is 31.6. The van der Waals surface area contributed by atoms with E-state index in [-0.39, 0.29) is 18.9 Å². The van der Waals surface area contributed by atoms with Gasteiger partial charge in [-0.05, 0) is 44.9 Å². The van der Waals surface area contributed by atoms with Gasteiger partial charge in [-0.3, -0.25) is 4.79 Å². The van der Waals surface area contributed by atoms with Crippen LogP contribution in [0.4, 0.5) is 0 Å². The molecule has 2 rings (SSSR count). The van der Waals surface area contributed by atoms with Crippen LogP contribution in [0.3, 0.4) is 0 Å². The zero-order valence-electron chi connectivity index (χ0n) is 46.6. The van der Waals surface area contributed by atoms with E-state index in [1.54, 1.807) is 6.08 Å². The molecule has 74 heavy (non-hydrogen) atoms. The van der Waals surface area contributed by atoms with E-state index in [2.05, 4.69) is 43.5 Å². The van der Waals surface area contributed by atoms with E-state index in [9.17, 15) is 45.6 Å². The molecule has 2 saturated heterocycles. The Labute approximate surface area is 449 Å². The standard InChI is InChI=1S/C60H111NO13/c1-3-5-7-9-11-13-15-17-19-21-23-24-26-28-30-32-34-36-38-40-42-44-52(65)61-48(49(64)43-41-39-37-35-33-31-29-27-25-22-20-18-16-14-12-10-8-6-4-2)47-71-59-57(70)55(68)58(51(46-63)73-59)74-60-56(69)54(67)53(66)50(45-62)72-60/h25,27,33,35,41,43,48-51,53-60,62-64,66-70H,3-24,26,28-32,34,36-40,42,44-47H2,1-2H3,(H,61,65)/b27-25+,35-33+,43-41+. The van der Waals surface area contributed by atoms with Gasteiger partial charge in [-0.1, -0.05) is 230 Å². The number of allylic oxidation sites excluding steroid dienone is 5. The summed E-state index contributed by atoms with van der Waals surface area (Å²) in [6, 6.07) is -0.935. The Morgan fingerprint density at radius 2 is 0.865 bits per heavy atom. The third-order valence-electron chi connectivity index (χ3n) is 14.8. The lowest BCUT2D eigenvalue weighted by Gasteiger charge is -2.46. The van der Waals surface area contributed by atoms with E-state index in [0.717, 1.165) is 44.9 Å². The Hall–Kier alpha value is -1.79. The molecule has 0 spiro atoms. The average Bonchev–Trinajstić information content (AvgIpc) is 3.40. The zero-order chi connectivity index (χ0) is 53.9. The van der Waals surface area contributed by atoms with Gasteiger partial charge in [-0.15, -0.1) is 0 Å². The molecule has 0 aromatic heterocycles. The van der Waals surface area contributed by atoms with Crippen LogP contribution in [0.2, 0.25) is 0 Å². The van der Waals surface area contributed by atoms with Gasteiger partial charge in [0.15, 0.2) is 12.6 Å². The number of carbonyl (C=O) groups is 1. The summed E-state index contributed by atoms with van der Waals surface area (Å²) in [7, 11) is 0. The summed E-state index contributed by atoms with van der Waals surface area (Å²) in [5.74, 6) is -0.250. The maximum Gasteiger partial charge on any atom is 0.220 e. The van der Waals surface area contributed by atoms with E-state index in [0.29, 0.717) is 12.8 Å². The summed E-state index contributed by atoms with van der Waals surface area (Å²) < 4.78 is 22.8. The lowest BCUT2D eigenvalue weighted by molar-refractivity contribution is -0.359. The number of carbonyl (C=O) groups excluding carboxylic acids is 1. The number of unbranched alkanes of at least 4 members (excludes halogenated alkanes) is 31. The molecule has 14 nitrogen and oxygen atoms in total. The summed E-state index contributed by atoms with van der Waals surface area (Å²) >= 11 is 0. The fourth-order valence-electron chi connectivity index (χ4n) is 9.91. The number of ether oxygens (including phenoxy) is 4. The molecule has 1 amide bonds. The van der Waals surface area contributed by atoms with Gasteiger partial charge in [0.2, 0.25) is 5.91 Å². The second-order valence-electron chi connectivity index (χ2n) is 21.5. The highest BCUT2D eigenvalue weighted by atomic mass is 16.7. The fraction of sp³-hybridized carbons (Fsp3) is 0.883. The molecule has 0 radical (unpaired) electrons. The van der Waals surface area contributed by atoms with Gasteiger partial charge in [0, 0.05) is 6.42 Å². The van der Waals surface area contributed by atoms with Gasteiger partial charge in [0.05, 0.1) is 32.0 Å². The number of amides is 1. The molecular formula is C60H111NO13. The van der Waals surface area contributed by atoms with Crippen LogP contribution in [-0.2, 0) is 23.7 Å². The molecule has 2 aliphatic heterocycles. The van der Waals surface area contributed by atoms with Gasteiger partial charge in [0.25, 0.3) is 0 Å². The summed E-state index contributed by atoms with van der Waals surface area (Å²) in [6.45, 7) is 2.79. The molecule has 0 aromatic rings. The number of rotatable bonds is 48. The third-order valence-corrected chi connectivity index (χ3v) is 14.8. The SMILES string of the molecule is CCCCCCCCCCC/C=C/CC/C=C/CC/C=C/C(O)C(COC1OC(CO)C(OC2OC(CO)C(O)C(O)C2O)C(O)C1O)NC(=O)CCCCCCCCCCCCCCCCCCCCCCC. The number of aliphatic hydroxyl groups is 8. The smallest absolute Gasteiger partial charge is 0.220 e. The summed E-state index contributed by atoms with van der Waals surface area (Å²) in [5.41, 5.74) is 0. The quantitative estimate of drug-likeness (QED) is 0.0204. The van der Waals surface area contributed by atoms with E-state index >= 15 is 0 Å². The van der Waals surface area contributed by atoms with Crippen LogP contribution < -0.4 is 5.32 Å². The molecule has 14 heteroatoms. The first kappa shape index (κ1) is 68.3. The molecule has 434 valence electrons. The lowest BCUT2D eigenvalue weighted by Crippen LogP contribution is -2.65. The minimum Gasteiger partial charge on any atom is -0.394 e. The highest BCUT2D eigenvalue weighted by molar-refractivity contribution is 5.76. The van der Waals surface area contributed by atoms with Crippen molar-refractivity contribution >= 4 is 5.91 Å². The van der Waals surface area contributed by atoms with Gasteiger partial charge >= 0.3 is 0 Å². The lowest BCUT2D eigenvalue weighted by atomic mass is 9.97. The maximum atomic E-state index is 13.3. The predicted octanol–water partition coefficient (Wildman–Crippen LogP) is 10.2. The van der Waals surface area contributed by atoms with Crippen molar-refractivity contribution in [3.05, 3.63) is 36.5 Å². The van der Waals surface area contributed by atoms with E-state index in [1.807, 2.05) is 6.08 Å². The van der Waals surface area contributed by atoms with Crippen molar-refractivity contribution in [3.8, 4) is 0 Å². The molecule has 0 aromatic carbocycles. The normalized spacial score (nSPS) is 25.4. The topological polar surface area (TPSA) is 228 Å². The van der Waals surface area contributed by atoms with Crippen molar-refractivity contribution in [2.45, 2.75) is 319 Å². The van der Waals surface area contributed by atoms with Crippen molar-refractivity contribution in [2.24, 2.45) is 0 Å². The largest absolute Gasteiger partial charge is 0.394 e. The second-order valence-corrected chi connectivity index (χ2v) is 21.5. The minimum atomic E-state index is -1.79. The van der Waals surface area contributed by atoms with Gasteiger partial charge in [-0.2, -0.15) is 0 Å². The van der Waals surface area contributed by atoms with Gasteiger partial charge < -0.3 is 65.1 Å². The Morgan fingerprint density at radius 3 is 1.32 bits per heavy atom. The molecule has 2 aliphatic rings. The predicted molar refractivity (Wildman–Crippen MR) is 295 cm³/mol. The van der Waals surface area contributed by atoms with Crippen LogP contribution in [0, 0.1) is 0 Å². The number of nitrogens with one attached hydrogen (secondary N) is 1. The minimum absolute atomic E-state index is 0.250. The first-order chi connectivity index (χ1) is 36.1. The summed E-state index contributed by atoms with van der Waals surface area (Å²) in [5, 5.41) is 87.1.